The van der Waals surface area contributed by atoms with Crippen molar-refractivity contribution in [3.63, 3.8) is 0 Å². The molecule has 1 spiro atoms. The lowest BCUT2D eigenvalue weighted by Crippen LogP contribution is -2.53. The number of fused-ring (bicyclic) bond motifs is 1. The molecule has 5 nitrogen and oxygen atoms in total. The number of benzene rings is 2. The lowest BCUT2D eigenvalue weighted by Gasteiger charge is -2.44. The van der Waals surface area contributed by atoms with E-state index in [2.05, 4.69) is 22.8 Å². The van der Waals surface area contributed by atoms with Crippen LogP contribution in [0.5, 0.6) is 0 Å². The second-order valence-corrected chi connectivity index (χ2v) is 9.54. The number of sulfone groups is 1. The highest BCUT2D eigenvalue weighted by Gasteiger charge is 2.40. The molecule has 2 N–H and O–H groups in total. The summed E-state index contributed by atoms with van der Waals surface area (Å²) in [6.45, 7) is 0.456. The molecule has 0 aromatic heterocycles. The minimum Gasteiger partial charge on any atom is -0.371 e. The van der Waals surface area contributed by atoms with Gasteiger partial charge >= 0.3 is 0 Å². The minimum atomic E-state index is -3.21. The van der Waals surface area contributed by atoms with Gasteiger partial charge in [-0.1, -0.05) is 43.5 Å². The SMILES string of the molecule is CS(=O)(=O)c1cccc(CN=C2Nc3ccccc3NC23CCCCC3)c1. The molecule has 0 radical (unpaired) electrons. The highest BCUT2D eigenvalue weighted by Crippen LogP contribution is 2.39. The predicted octanol–water partition coefficient (Wildman–Crippen LogP) is 4.23. The van der Waals surface area contributed by atoms with Crippen molar-refractivity contribution < 1.29 is 8.42 Å². The number of nitrogens with zero attached hydrogens (tertiary/aromatic N) is 1. The van der Waals surface area contributed by atoms with E-state index in [1.807, 2.05) is 18.2 Å². The first kappa shape index (κ1) is 18.0. The number of amidine groups is 1. The summed E-state index contributed by atoms with van der Waals surface area (Å²) in [5, 5.41) is 7.29. The average Bonchev–Trinajstić information content (AvgIpc) is 2.66. The van der Waals surface area contributed by atoms with Crippen molar-refractivity contribution in [2.24, 2.45) is 4.99 Å². The third-order valence-electron chi connectivity index (χ3n) is 5.46. The zero-order valence-electron chi connectivity index (χ0n) is 15.5. The Labute approximate surface area is 160 Å². The summed E-state index contributed by atoms with van der Waals surface area (Å²) in [4.78, 5) is 5.24. The van der Waals surface area contributed by atoms with Crippen molar-refractivity contribution in [2.75, 3.05) is 16.9 Å². The fraction of sp³-hybridized carbons (Fsp3) is 0.381. The van der Waals surface area contributed by atoms with E-state index in [1.54, 1.807) is 18.2 Å². The molecule has 6 heteroatoms. The van der Waals surface area contributed by atoms with Crippen LogP contribution in [0.15, 0.2) is 58.4 Å². The number of rotatable bonds is 3. The molecule has 0 saturated heterocycles. The second kappa shape index (κ2) is 7.00. The molecule has 1 aliphatic heterocycles. The van der Waals surface area contributed by atoms with Crippen LogP contribution in [0.4, 0.5) is 11.4 Å². The first-order chi connectivity index (χ1) is 13.0. The zero-order chi connectivity index (χ0) is 18.9. The highest BCUT2D eigenvalue weighted by molar-refractivity contribution is 7.90. The summed E-state index contributed by atoms with van der Waals surface area (Å²) >= 11 is 0. The van der Waals surface area contributed by atoms with Crippen molar-refractivity contribution in [1.82, 2.24) is 0 Å². The van der Waals surface area contributed by atoms with Gasteiger partial charge in [0.1, 0.15) is 5.84 Å². The van der Waals surface area contributed by atoms with Gasteiger partial charge in [-0.3, -0.25) is 4.99 Å². The van der Waals surface area contributed by atoms with Crippen LogP contribution in [-0.2, 0) is 16.4 Å². The number of hydrogen-bond donors (Lipinski definition) is 2. The maximum Gasteiger partial charge on any atom is 0.175 e. The summed E-state index contributed by atoms with van der Waals surface area (Å²) in [6, 6.07) is 15.3. The van der Waals surface area contributed by atoms with Gasteiger partial charge in [-0.05, 0) is 42.7 Å². The lowest BCUT2D eigenvalue weighted by molar-refractivity contribution is 0.403. The van der Waals surface area contributed by atoms with Crippen molar-refractivity contribution in [3.8, 4) is 0 Å². The summed E-state index contributed by atoms with van der Waals surface area (Å²) in [5.74, 6) is 0.964. The Kier molecular flexibility index (Phi) is 4.68. The molecule has 142 valence electrons. The normalized spacial score (nSPS) is 20.0. The van der Waals surface area contributed by atoms with E-state index in [0.717, 1.165) is 35.6 Å². The molecule has 0 unspecified atom stereocenters. The summed E-state index contributed by atoms with van der Waals surface area (Å²) in [6.07, 6.45) is 6.96. The van der Waals surface area contributed by atoms with Gasteiger partial charge in [0.05, 0.1) is 28.4 Å². The fourth-order valence-electron chi connectivity index (χ4n) is 4.02. The van der Waals surface area contributed by atoms with Gasteiger partial charge in [0, 0.05) is 6.26 Å². The molecule has 1 heterocycles. The molecular formula is C21H25N3O2S. The van der Waals surface area contributed by atoms with E-state index in [4.69, 9.17) is 4.99 Å². The number of anilines is 2. The molecule has 2 aromatic rings. The van der Waals surface area contributed by atoms with Crippen molar-refractivity contribution in [3.05, 3.63) is 54.1 Å². The van der Waals surface area contributed by atoms with Crippen LogP contribution < -0.4 is 10.6 Å². The highest BCUT2D eigenvalue weighted by atomic mass is 32.2. The Hall–Kier alpha value is -2.34. The molecule has 0 atom stereocenters. The van der Waals surface area contributed by atoms with Gasteiger partial charge in [-0.25, -0.2) is 8.42 Å². The summed E-state index contributed by atoms with van der Waals surface area (Å²) in [5.41, 5.74) is 2.91. The maximum atomic E-state index is 11.8. The molecule has 1 aliphatic carbocycles. The number of nitrogens with one attached hydrogen (secondary N) is 2. The molecule has 1 fully saturated rings. The van der Waals surface area contributed by atoms with Crippen LogP contribution in [0.3, 0.4) is 0 Å². The Morgan fingerprint density at radius 2 is 1.74 bits per heavy atom. The number of para-hydroxylation sites is 2. The third kappa shape index (κ3) is 3.72. The molecule has 0 amide bonds. The van der Waals surface area contributed by atoms with Crippen LogP contribution >= 0.6 is 0 Å². The van der Waals surface area contributed by atoms with E-state index in [1.165, 1.54) is 25.5 Å². The molecule has 4 rings (SSSR count). The van der Waals surface area contributed by atoms with Gasteiger partial charge < -0.3 is 10.6 Å². The second-order valence-electron chi connectivity index (χ2n) is 7.52. The first-order valence-electron chi connectivity index (χ1n) is 9.44. The Morgan fingerprint density at radius 3 is 2.48 bits per heavy atom. The van der Waals surface area contributed by atoms with Crippen LogP contribution in [0.1, 0.15) is 37.7 Å². The van der Waals surface area contributed by atoms with Gasteiger partial charge in [0.15, 0.2) is 9.84 Å². The van der Waals surface area contributed by atoms with E-state index < -0.39 is 9.84 Å². The number of aliphatic imine (C=N–C) groups is 1. The van der Waals surface area contributed by atoms with Gasteiger partial charge in [0.2, 0.25) is 0 Å². The van der Waals surface area contributed by atoms with Crippen molar-refractivity contribution in [1.29, 1.82) is 0 Å². The molecule has 1 saturated carbocycles. The molecule has 0 bridgehead atoms. The van der Waals surface area contributed by atoms with Crippen molar-refractivity contribution >= 4 is 27.0 Å². The number of hydrogen-bond acceptors (Lipinski definition) is 4. The lowest BCUT2D eigenvalue weighted by atomic mass is 9.79. The fourth-order valence-corrected chi connectivity index (χ4v) is 4.71. The Morgan fingerprint density at radius 1 is 1.00 bits per heavy atom. The smallest absolute Gasteiger partial charge is 0.175 e. The minimum absolute atomic E-state index is 0.152. The van der Waals surface area contributed by atoms with Gasteiger partial charge in [-0.15, -0.1) is 0 Å². The topological polar surface area (TPSA) is 70.6 Å². The molecular weight excluding hydrogens is 358 g/mol. The van der Waals surface area contributed by atoms with E-state index in [0.29, 0.717) is 11.4 Å². The molecule has 2 aromatic carbocycles. The Bertz CT molecular complexity index is 976. The van der Waals surface area contributed by atoms with Crippen LogP contribution in [0.2, 0.25) is 0 Å². The Balaban J connectivity index is 1.66. The summed E-state index contributed by atoms with van der Waals surface area (Å²) < 4.78 is 23.6. The predicted molar refractivity (Wildman–Crippen MR) is 110 cm³/mol. The third-order valence-corrected chi connectivity index (χ3v) is 6.57. The average molecular weight is 384 g/mol. The molecule has 27 heavy (non-hydrogen) atoms. The van der Waals surface area contributed by atoms with Crippen LogP contribution in [0.25, 0.3) is 0 Å². The molecule has 2 aliphatic rings. The van der Waals surface area contributed by atoms with Gasteiger partial charge in [-0.2, -0.15) is 0 Å². The van der Waals surface area contributed by atoms with E-state index in [9.17, 15) is 8.42 Å². The van der Waals surface area contributed by atoms with E-state index >= 15 is 0 Å². The maximum absolute atomic E-state index is 11.8. The van der Waals surface area contributed by atoms with Crippen LogP contribution in [0, 0.1) is 0 Å². The quantitative estimate of drug-likeness (QED) is 0.832. The van der Waals surface area contributed by atoms with E-state index in [-0.39, 0.29) is 5.54 Å². The monoisotopic (exact) mass is 383 g/mol. The largest absolute Gasteiger partial charge is 0.371 e. The van der Waals surface area contributed by atoms with Crippen LogP contribution in [-0.4, -0.2) is 26.0 Å². The first-order valence-corrected chi connectivity index (χ1v) is 11.3. The zero-order valence-corrected chi connectivity index (χ0v) is 16.3. The summed E-state index contributed by atoms with van der Waals surface area (Å²) in [7, 11) is -3.21. The standard InChI is InChI=1S/C21H25N3O2S/c1-27(25,26)17-9-7-8-16(14-17)15-22-20-21(12-5-2-6-13-21)24-19-11-4-3-10-18(19)23-20/h3-4,7-11,14,24H,2,5-6,12-13,15H2,1H3,(H,22,23). The van der Waals surface area contributed by atoms with Crippen molar-refractivity contribution in [2.45, 2.75) is 49.1 Å². The van der Waals surface area contributed by atoms with Gasteiger partial charge in [0.25, 0.3) is 0 Å².